The summed E-state index contributed by atoms with van der Waals surface area (Å²) in [5.41, 5.74) is 0.337. The predicted molar refractivity (Wildman–Crippen MR) is 72.7 cm³/mol. The van der Waals surface area contributed by atoms with Gasteiger partial charge in [0.05, 0.1) is 7.11 Å². The van der Waals surface area contributed by atoms with E-state index in [1.165, 1.54) is 12.1 Å². The molecule has 100 valence electrons. The van der Waals surface area contributed by atoms with Crippen LogP contribution in [0.5, 0.6) is 5.75 Å². The molecule has 0 heterocycles. The summed E-state index contributed by atoms with van der Waals surface area (Å²) in [5.74, 6) is 0.429. The monoisotopic (exact) mass is 260 g/mol. The van der Waals surface area contributed by atoms with E-state index < -0.39 is 5.60 Å². The van der Waals surface area contributed by atoms with Crippen molar-refractivity contribution in [3.63, 3.8) is 0 Å². The van der Waals surface area contributed by atoms with E-state index in [1.807, 2.05) is 19.1 Å². The van der Waals surface area contributed by atoms with Gasteiger partial charge in [0.1, 0.15) is 17.2 Å². The molecule has 2 aromatic carbocycles. The van der Waals surface area contributed by atoms with Crippen molar-refractivity contribution in [3.8, 4) is 5.75 Å². The third-order valence-electron chi connectivity index (χ3n) is 3.40. The number of rotatable bonds is 4. The molecular weight excluding hydrogens is 243 g/mol. The smallest absolute Gasteiger partial charge is 0.123 e. The van der Waals surface area contributed by atoms with Gasteiger partial charge in [-0.25, -0.2) is 4.39 Å². The average molecular weight is 260 g/mol. The summed E-state index contributed by atoms with van der Waals surface area (Å²) >= 11 is 0. The molecule has 1 unspecified atom stereocenters. The zero-order valence-electron chi connectivity index (χ0n) is 11.1. The Kier molecular flexibility index (Phi) is 3.86. The molecule has 0 fully saturated rings. The van der Waals surface area contributed by atoms with Gasteiger partial charge in [0.2, 0.25) is 0 Å². The van der Waals surface area contributed by atoms with Gasteiger partial charge in [0.25, 0.3) is 0 Å². The Morgan fingerprint density at radius 3 is 1.89 bits per heavy atom. The number of benzene rings is 2. The van der Waals surface area contributed by atoms with Gasteiger partial charge in [0.15, 0.2) is 0 Å². The minimum Gasteiger partial charge on any atom is -0.497 e. The van der Waals surface area contributed by atoms with Gasteiger partial charge in [0, 0.05) is 0 Å². The van der Waals surface area contributed by atoms with E-state index in [0.29, 0.717) is 12.0 Å². The molecule has 0 bridgehead atoms. The molecule has 1 N–H and O–H groups in total. The van der Waals surface area contributed by atoms with Crippen molar-refractivity contribution >= 4 is 0 Å². The number of hydrogen-bond donors (Lipinski definition) is 1. The van der Waals surface area contributed by atoms with E-state index in [-0.39, 0.29) is 5.82 Å². The average Bonchev–Trinajstić information content (AvgIpc) is 2.47. The highest BCUT2D eigenvalue weighted by Gasteiger charge is 2.29. The minimum atomic E-state index is -1.11. The van der Waals surface area contributed by atoms with Gasteiger partial charge in [-0.15, -0.1) is 0 Å². The van der Waals surface area contributed by atoms with E-state index in [9.17, 15) is 9.50 Å². The lowest BCUT2D eigenvalue weighted by atomic mass is 9.84. The molecule has 1 atom stereocenters. The molecule has 0 aliphatic rings. The zero-order chi connectivity index (χ0) is 13.9. The largest absolute Gasteiger partial charge is 0.497 e. The van der Waals surface area contributed by atoms with Gasteiger partial charge >= 0.3 is 0 Å². The summed E-state index contributed by atoms with van der Waals surface area (Å²) in [7, 11) is 1.60. The molecule has 0 radical (unpaired) electrons. The molecule has 19 heavy (non-hydrogen) atoms. The maximum absolute atomic E-state index is 13.0. The Balaban J connectivity index is 2.43. The van der Waals surface area contributed by atoms with Crippen LogP contribution in [0, 0.1) is 5.82 Å². The standard InChI is InChI=1S/C16H17FO2/c1-3-16(18,12-4-8-14(17)9-5-12)13-6-10-15(19-2)11-7-13/h4-11,18H,3H2,1-2H3. The van der Waals surface area contributed by atoms with E-state index >= 15 is 0 Å². The molecule has 0 spiro atoms. The highest BCUT2D eigenvalue weighted by Crippen LogP contribution is 2.33. The maximum Gasteiger partial charge on any atom is 0.123 e. The Labute approximate surface area is 112 Å². The highest BCUT2D eigenvalue weighted by atomic mass is 19.1. The molecule has 2 nitrogen and oxygen atoms in total. The number of hydrogen-bond acceptors (Lipinski definition) is 2. The fourth-order valence-corrected chi connectivity index (χ4v) is 2.17. The van der Waals surface area contributed by atoms with Crippen molar-refractivity contribution in [2.45, 2.75) is 18.9 Å². The van der Waals surface area contributed by atoms with Crippen LogP contribution in [0.4, 0.5) is 4.39 Å². The molecular formula is C16H17FO2. The van der Waals surface area contributed by atoms with Gasteiger partial charge in [-0.2, -0.15) is 0 Å². The highest BCUT2D eigenvalue weighted by molar-refractivity contribution is 5.38. The maximum atomic E-state index is 13.0. The van der Waals surface area contributed by atoms with Crippen LogP contribution in [0.15, 0.2) is 48.5 Å². The van der Waals surface area contributed by atoms with Gasteiger partial charge in [-0.1, -0.05) is 31.2 Å². The number of halogens is 1. The SMILES string of the molecule is CCC(O)(c1ccc(F)cc1)c1ccc(OC)cc1. The molecule has 2 rings (SSSR count). The topological polar surface area (TPSA) is 29.5 Å². The van der Waals surface area contributed by atoms with Crippen LogP contribution in [0.2, 0.25) is 0 Å². The van der Waals surface area contributed by atoms with Crippen molar-refractivity contribution < 1.29 is 14.2 Å². The Bertz CT molecular complexity index is 534. The molecule has 0 amide bonds. The van der Waals surface area contributed by atoms with E-state index in [0.717, 1.165) is 11.3 Å². The molecule has 0 aliphatic carbocycles. The molecule has 3 heteroatoms. The lowest BCUT2D eigenvalue weighted by Crippen LogP contribution is -2.26. The van der Waals surface area contributed by atoms with Crippen LogP contribution in [0.25, 0.3) is 0 Å². The Morgan fingerprint density at radius 1 is 1.00 bits per heavy atom. The third-order valence-corrected chi connectivity index (χ3v) is 3.40. The van der Waals surface area contributed by atoms with Gasteiger partial charge in [-0.05, 0) is 41.8 Å². The summed E-state index contributed by atoms with van der Waals surface area (Å²) in [6.45, 7) is 1.90. The second-order valence-electron chi connectivity index (χ2n) is 4.45. The lowest BCUT2D eigenvalue weighted by Gasteiger charge is -2.28. The van der Waals surface area contributed by atoms with Gasteiger partial charge in [-0.3, -0.25) is 0 Å². The fourth-order valence-electron chi connectivity index (χ4n) is 2.17. The third kappa shape index (κ3) is 2.61. The number of aliphatic hydroxyl groups is 1. The molecule has 0 aliphatic heterocycles. The second kappa shape index (κ2) is 5.41. The second-order valence-corrected chi connectivity index (χ2v) is 4.45. The molecule has 0 saturated carbocycles. The predicted octanol–water partition coefficient (Wildman–Crippen LogP) is 3.48. The van der Waals surface area contributed by atoms with E-state index in [4.69, 9.17) is 4.74 Å². The first-order valence-corrected chi connectivity index (χ1v) is 6.23. The Morgan fingerprint density at radius 2 is 1.47 bits per heavy atom. The van der Waals surface area contributed by atoms with Crippen LogP contribution in [0.3, 0.4) is 0 Å². The lowest BCUT2D eigenvalue weighted by molar-refractivity contribution is 0.0764. The number of methoxy groups -OCH3 is 1. The molecule has 2 aromatic rings. The van der Waals surface area contributed by atoms with Crippen molar-refractivity contribution in [3.05, 3.63) is 65.5 Å². The first kappa shape index (κ1) is 13.6. The summed E-state index contributed by atoms with van der Waals surface area (Å²) < 4.78 is 18.1. The van der Waals surface area contributed by atoms with Crippen LogP contribution < -0.4 is 4.74 Å². The van der Waals surface area contributed by atoms with E-state index in [2.05, 4.69) is 0 Å². The van der Waals surface area contributed by atoms with Crippen molar-refractivity contribution in [2.75, 3.05) is 7.11 Å². The van der Waals surface area contributed by atoms with Crippen molar-refractivity contribution in [2.24, 2.45) is 0 Å². The minimum absolute atomic E-state index is 0.308. The van der Waals surface area contributed by atoms with Crippen molar-refractivity contribution in [1.29, 1.82) is 0 Å². The van der Waals surface area contributed by atoms with Crippen LogP contribution >= 0.6 is 0 Å². The summed E-state index contributed by atoms with van der Waals surface area (Å²) in [6, 6.07) is 13.2. The molecule has 0 saturated heterocycles. The quantitative estimate of drug-likeness (QED) is 0.912. The van der Waals surface area contributed by atoms with Crippen LogP contribution in [-0.2, 0) is 5.60 Å². The fraction of sp³-hybridized carbons (Fsp3) is 0.250. The first-order valence-electron chi connectivity index (χ1n) is 6.23. The van der Waals surface area contributed by atoms with E-state index in [1.54, 1.807) is 31.4 Å². The molecule has 0 aromatic heterocycles. The van der Waals surface area contributed by atoms with Crippen molar-refractivity contribution in [1.82, 2.24) is 0 Å². The summed E-state index contributed by atoms with van der Waals surface area (Å²) in [5, 5.41) is 10.9. The van der Waals surface area contributed by atoms with Crippen LogP contribution in [0.1, 0.15) is 24.5 Å². The number of ether oxygens (including phenoxy) is 1. The summed E-state index contributed by atoms with van der Waals surface area (Å²) in [6.07, 6.45) is 0.505. The Hall–Kier alpha value is -1.87. The van der Waals surface area contributed by atoms with Gasteiger partial charge < -0.3 is 9.84 Å². The summed E-state index contributed by atoms with van der Waals surface area (Å²) in [4.78, 5) is 0. The van der Waals surface area contributed by atoms with Crippen LogP contribution in [-0.4, -0.2) is 12.2 Å². The zero-order valence-corrected chi connectivity index (χ0v) is 11.1. The first-order chi connectivity index (χ1) is 9.10. The normalized spacial score (nSPS) is 13.9.